The van der Waals surface area contributed by atoms with Crippen molar-refractivity contribution < 1.29 is 19.5 Å². The highest BCUT2D eigenvalue weighted by atomic mass is 32.2. The fourth-order valence-corrected chi connectivity index (χ4v) is 1.82. The Hall–Kier alpha value is -1.24. The van der Waals surface area contributed by atoms with E-state index in [0.717, 1.165) is 0 Å². The molecule has 3 N–H and O–H groups in total. The maximum atomic E-state index is 10.9. The third-order valence-electron chi connectivity index (χ3n) is 1.74. The lowest BCUT2D eigenvalue weighted by atomic mass is 10.2. The Bertz CT molecular complexity index is 270. The number of amides is 2. The zero-order chi connectivity index (χ0) is 12.6. The van der Waals surface area contributed by atoms with E-state index in [1.54, 1.807) is 7.05 Å². The van der Waals surface area contributed by atoms with Gasteiger partial charge in [-0.3, -0.25) is 9.59 Å². The highest BCUT2D eigenvalue weighted by molar-refractivity contribution is 7.99. The molecule has 7 heteroatoms. The minimum atomic E-state index is -1.06. The van der Waals surface area contributed by atoms with Crippen molar-refractivity contribution in [3.8, 4) is 0 Å². The summed E-state index contributed by atoms with van der Waals surface area (Å²) in [5.74, 6) is -0.732. The minimum Gasteiger partial charge on any atom is -0.480 e. The molecule has 0 aliphatic carbocycles. The van der Waals surface area contributed by atoms with Crippen molar-refractivity contribution in [2.45, 2.75) is 19.4 Å². The zero-order valence-corrected chi connectivity index (χ0v) is 10.1. The van der Waals surface area contributed by atoms with E-state index in [4.69, 9.17) is 5.11 Å². The first-order valence-corrected chi connectivity index (χ1v) is 5.91. The molecule has 0 radical (unpaired) electrons. The SMILES string of the molecule is CNC(=O)CSCCC(NC(C)=O)C(=O)O. The highest BCUT2D eigenvalue weighted by Gasteiger charge is 2.17. The standard InChI is InChI=1S/C9H16N2O4S/c1-6(12)11-7(9(14)15)3-4-16-5-8(13)10-2/h7H,3-5H2,1-2H3,(H,10,13)(H,11,12)(H,14,15). The summed E-state index contributed by atoms with van der Waals surface area (Å²) in [4.78, 5) is 32.3. The number of carboxylic acid groups (broad SMARTS) is 1. The van der Waals surface area contributed by atoms with Crippen molar-refractivity contribution in [2.75, 3.05) is 18.6 Å². The number of nitrogens with one attached hydrogen (secondary N) is 2. The second-order valence-corrected chi connectivity index (χ2v) is 4.21. The first-order valence-electron chi connectivity index (χ1n) is 4.75. The van der Waals surface area contributed by atoms with E-state index in [1.165, 1.54) is 18.7 Å². The van der Waals surface area contributed by atoms with Gasteiger partial charge in [0, 0.05) is 14.0 Å². The average molecular weight is 248 g/mol. The lowest BCUT2D eigenvalue weighted by molar-refractivity contribution is -0.141. The van der Waals surface area contributed by atoms with Crippen LogP contribution in [0.5, 0.6) is 0 Å². The molecule has 0 saturated heterocycles. The van der Waals surface area contributed by atoms with Crippen molar-refractivity contribution in [2.24, 2.45) is 0 Å². The molecule has 0 bridgehead atoms. The predicted molar refractivity (Wildman–Crippen MR) is 61.2 cm³/mol. The third kappa shape index (κ3) is 7.10. The number of carbonyl (C=O) groups excluding carboxylic acids is 2. The molecule has 0 aliphatic heterocycles. The van der Waals surface area contributed by atoms with Crippen molar-refractivity contribution in [3.05, 3.63) is 0 Å². The van der Waals surface area contributed by atoms with Crippen LogP contribution in [0.3, 0.4) is 0 Å². The molecule has 0 fully saturated rings. The molecule has 0 saturated carbocycles. The number of carbonyl (C=O) groups is 3. The van der Waals surface area contributed by atoms with Gasteiger partial charge in [-0.2, -0.15) is 11.8 Å². The van der Waals surface area contributed by atoms with Crippen LogP contribution >= 0.6 is 11.8 Å². The quantitative estimate of drug-likeness (QED) is 0.525. The fourth-order valence-electron chi connectivity index (χ4n) is 0.941. The fraction of sp³-hybridized carbons (Fsp3) is 0.667. The van der Waals surface area contributed by atoms with Gasteiger partial charge in [-0.1, -0.05) is 0 Å². The molecular weight excluding hydrogens is 232 g/mol. The Kier molecular flexibility index (Phi) is 7.36. The van der Waals surface area contributed by atoms with Gasteiger partial charge in [-0.25, -0.2) is 4.79 Å². The number of thioether (sulfide) groups is 1. The van der Waals surface area contributed by atoms with Crippen LogP contribution < -0.4 is 10.6 Å². The summed E-state index contributed by atoms with van der Waals surface area (Å²) in [7, 11) is 1.54. The number of rotatable bonds is 7. The molecule has 0 aromatic carbocycles. The predicted octanol–water partition coefficient (Wildman–Crippen LogP) is -0.555. The second-order valence-electron chi connectivity index (χ2n) is 3.11. The first-order chi connectivity index (χ1) is 7.47. The molecule has 0 spiro atoms. The lowest BCUT2D eigenvalue weighted by Gasteiger charge is -2.12. The molecule has 0 aromatic heterocycles. The number of carboxylic acids is 1. The van der Waals surface area contributed by atoms with Gasteiger partial charge in [-0.05, 0) is 12.2 Å². The maximum Gasteiger partial charge on any atom is 0.326 e. The molecule has 0 heterocycles. The molecule has 0 rings (SSSR count). The summed E-state index contributed by atoms with van der Waals surface area (Å²) in [5.41, 5.74) is 0. The van der Waals surface area contributed by atoms with Crippen LogP contribution in [0, 0.1) is 0 Å². The molecule has 1 atom stereocenters. The van der Waals surface area contributed by atoms with Crippen molar-refractivity contribution in [3.63, 3.8) is 0 Å². The van der Waals surface area contributed by atoms with E-state index in [-0.39, 0.29) is 11.8 Å². The average Bonchev–Trinajstić information content (AvgIpc) is 2.21. The van der Waals surface area contributed by atoms with Crippen LogP contribution in [0.1, 0.15) is 13.3 Å². The second kappa shape index (κ2) is 7.98. The normalized spacial score (nSPS) is 11.6. The Morgan fingerprint density at radius 3 is 2.44 bits per heavy atom. The van der Waals surface area contributed by atoms with Crippen LogP contribution in [-0.4, -0.2) is 47.5 Å². The Labute approximate surface area is 98.2 Å². The number of hydrogen-bond donors (Lipinski definition) is 3. The maximum absolute atomic E-state index is 10.9. The monoisotopic (exact) mass is 248 g/mol. The highest BCUT2D eigenvalue weighted by Crippen LogP contribution is 2.05. The molecule has 16 heavy (non-hydrogen) atoms. The summed E-state index contributed by atoms with van der Waals surface area (Å²) < 4.78 is 0. The van der Waals surface area contributed by atoms with E-state index < -0.39 is 12.0 Å². The van der Waals surface area contributed by atoms with Gasteiger partial charge in [0.2, 0.25) is 11.8 Å². The summed E-state index contributed by atoms with van der Waals surface area (Å²) in [6.45, 7) is 1.27. The van der Waals surface area contributed by atoms with Gasteiger partial charge in [0.25, 0.3) is 0 Å². The molecule has 1 unspecified atom stereocenters. The molecule has 0 aromatic rings. The van der Waals surface area contributed by atoms with Crippen molar-refractivity contribution in [1.29, 1.82) is 0 Å². The summed E-state index contributed by atoms with van der Waals surface area (Å²) >= 11 is 1.33. The van der Waals surface area contributed by atoms with E-state index in [9.17, 15) is 14.4 Å². The summed E-state index contributed by atoms with van der Waals surface area (Å²) in [5, 5.41) is 13.6. The van der Waals surface area contributed by atoms with Gasteiger partial charge in [0.1, 0.15) is 6.04 Å². The van der Waals surface area contributed by atoms with Crippen LogP contribution in [0.2, 0.25) is 0 Å². The van der Waals surface area contributed by atoms with Crippen molar-refractivity contribution >= 4 is 29.5 Å². The molecule has 0 aliphatic rings. The van der Waals surface area contributed by atoms with Crippen LogP contribution in [-0.2, 0) is 14.4 Å². The lowest BCUT2D eigenvalue weighted by Crippen LogP contribution is -2.40. The zero-order valence-electron chi connectivity index (χ0n) is 9.28. The van der Waals surface area contributed by atoms with Crippen molar-refractivity contribution in [1.82, 2.24) is 10.6 Å². The van der Waals surface area contributed by atoms with E-state index in [0.29, 0.717) is 17.9 Å². The molecule has 92 valence electrons. The van der Waals surface area contributed by atoms with E-state index in [1.807, 2.05) is 0 Å². The molecule has 2 amide bonds. The Morgan fingerprint density at radius 2 is 2.00 bits per heavy atom. The first kappa shape index (κ1) is 14.8. The summed E-state index contributed by atoms with van der Waals surface area (Å²) in [6, 6.07) is -0.880. The number of aliphatic carboxylic acids is 1. The van der Waals surface area contributed by atoms with E-state index >= 15 is 0 Å². The van der Waals surface area contributed by atoms with E-state index in [2.05, 4.69) is 10.6 Å². The smallest absolute Gasteiger partial charge is 0.326 e. The Balaban J connectivity index is 3.81. The third-order valence-corrected chi connectivity index (χ3v) is 2.73. The van der Waals surface area contributed by atoms with Gasteiger partial charge >= 0.3 is 5.97 Å². The number of hydrogen-bond acceptors (Lipinski definition) is 4. The van der Waals surface area contributed by atoms with Crippen LogP contribution in [0.15, 0.2) is 0 Å². The van der Waals surface area contributed by atoms with Crippen LogP contribution in [0.4, 0.5) is 0 Å². The topological polar surface area (TPSA) is 95.5 Å². The molecule has 6 nitrogen and oxygen atoms in total. The van der Waals surface area contributed by atoms with Gasteiger partial charge in [0.15, 0.2) is 0 Å². The largest absolute Gasteiger partial charge is 0.480 e. The summed E-state index contributed by atoms with van der Waals surface area (Å²) in [6.07, 6.45) is 0.302. The molecular formula is C9H16N2O4S. The van der Waals surface area contributed by atoms with Gasteiger partial charge in [0.05, 0.1) is 5.75 Å². The Morgan fingerprint density at radius 1 is 1.38 bits per heavy atom. The van der Waals surface area contributed by atoms with Crippen LogP contribution in [0.25, 0.3) is 0 Å². The minimum absolute atomic E-state index is 0.101. The van der Waals surface area contributed by atoms with Gasteiger partial charge in [-0.15, -0.1) is 0 Å². The van der Waals surface area contributed by atoms with Gasteiger partial charge < -0.3 is 15.7 Å².